The van der Waals surface area contributed by atoms with E-state index in [0.717, 1.165) is 27.7 Å². The van der Waals surface area contributed by atoms with Crippen LogP contribution in [0, 0.1) is 11.3 Å². The van der Waals surface area contributed by atoms with E-state index in [1.807, 2.05) is 42.5 Å². The van der Waals surface area contributed by atoms with Gasteiger partial charge in [-0.2, -0.15) is 5.26 Å². The Labute approximate surface area is 122 Å². The normalized spacial score (nSPS) is 10.2. The molecule has 0 unspecified atom stereocenters. The average molecular weight is 274 g/mol. The Morgan fingerprint density at radius 3 is 2.67 bits per heavy atom. The zero-order valence-corrected chi connectivity index (χ0v) is 11.4. The van der Waals surface area contributed by atoms with Gasteiger partial charge in [-0.15, -0.1) is 0 Å². The van der Waals surface area contributed by atoms with E-state index >= 15 is 0 Å². The van der Waals surface area contributed by atoms with Gasteiger partial charge in [-0.25, -0.2) is 0 Å². The maximum atomic E-state index is 8.67. The molecule has 0 spiro atoms. The SMILES string of the molecule is N#CCc1ccc(Nc2ccc3cnccc3c2N)cc1. The average Bonchev–Trinajstić information content (AvgIpc) is 2.52. The van der Waals surface area contributed by atoms with Crippen molar-refractivity contribution < 1.29 is 0 Å². The molecule has 4 nitrogen and oxygen atoms in total. The first-order valence-electron chi connectivity index (χ1n) is 6.63. The molecular weight excluding hydrogens is 260 g/mol. The Morgan fingerprint density at radius 2 is 1.90 bits per heavy atom. The molecule has 0 aliphatic heterocycles. The molecule has 21 heavy (non-hydrogen) atoms. The van der Waals surface area contributed by atoms with Crippen LogP contribution in [0.3, 0.4) is 0 Å². The smallest absolute Gasteiger partial charge is 0.0669 e. The van der Waals surface area contributed by atoms with Gasteiger partial charge in [0.05, 0.1) is 23.9 Å². The number of pyridine rings is 1. The molecule has 0 aliphatic rings. The van der Waals surface area contributed by atoms with Crippen LogP contribution in [0.15, 0.2) is 54.9 Å². The van der Waals surface area contributed by atoms with Crippen molar-refractivity contribution in [2.45, 2.75) is 6.42 Å². The number of anilines is 3. The van der Waals surface area contributed by atoms with Crippen molar-refractivity contribution in [3.8, 4) is 6.07 Å². The molecule has 0 saturated carbocycles. The van der Waals surface area contributed by atoms with Crippen LogP contribution in [-0.2, 0) is 6.42 Å². The minimum Gasteiger partial charge on any atom is -0.397 e. The van der Waals surface area contributed by atoms with Crippen LogP contribution >= 0.6 is 0 Å². The van der Waals surface area contributed by atoms with Crippen molar-refractivity contribution in [3.63, 3.8) is 0 Å². The van der Waals surface area contributed by atoms with Crippen molar-refractivity contribution in [1.82, 2.24) is 4.98 Å². The van der Waals surface area contributed by atoms with E-state index in [1.54, 1.807) is 12.4 Å². The summed E-state index contributed by atoms with van der Waals surface area (Å²) >= 11 is 0. The molecule has 0 atom stereocenters. The van der Waals surface area contributed by atoms with Crippen LogP contribution in [0.25, 0.3) is 10.8 Å². The van der Waals surface area contributed by atoms with Crippen LogP contribution in [0.2, 0.25) is 0 Å². The molecule has 102 valence electrons. The summed E-state index contributed by atoms with van der Waals surface area (Å²) in [5.41, 5.74) is 9.72. The molecule has 0 saturated heterocycles. The highest BCUT2D eigenvalue weighted by molar-refractivity contribution is 5.99. The van der Waals surface area contributed by atoms with E-state index in [1.165, 1.54) is 0 Å². The molecule has 3 N–H and O–H groups in total. The third-order valence-corrected chi connectivity index (χ3v) is 3.38. The molecule has 0 fully saturated rings. The quantitative estimate of drug-likeness (QED) is 0.715. The van der Waals surface area contributed by atoms with E-state index in [9.17, 15) is 0 Å². The summed E-state index contributed by atoms with van der Waals surface area (Å²) in [5, 5.41) is 14.0. The summed E-state index contributed by atoms with van der Waals surface area (Å²) in [6.07, 6.45) is 3.96. The monoisotopic (exact) mass is 274 g/mol. The Balaban J connectivity index is 1.91. The first-order valence-corrected chi connectivity index (χ1v) is 6.63. The molecule has 4 heteroatoms. The fourth-order valence-corrected chi connectivity index (χ4v) is 2.25. The Hall–Kier alpha value is -3.06. The molecule has 3 aromatic rings. The van der Waals surface area contributed by atoms with Crippen LogP contribution in [0.4, 0.5) is 17.1 Å². The van der Waals surface area contributed by atoms with Gasteiger partial charge in [-0.05, 0) is 29.8 Å². The van der Waals surface area contributed by atoms with Crippen molar-refractivity contribution in [2.24, 2.45) is 0 Å². The lowest BCUT2D eigenvalue weighted by Crippen LogP contribution is -1.97. The summed E-state index contributed by atoms with van der Waals surface area (Å²) in [6.45, 7) is 0. The van der Waals surface area contributed by atoms with Gasteiger partial charge in [-0.1, -0.05) is 18.2 Å². The fraction of sp³-hybridized carbons (Fsp3) is 0.0588. The molecule has 1 aromatic heterocycles. The summed E-state index contributed by atoms with van der Waals surface area (Å²) in [5.74, 6) is 0. The lowest BCUT2D eigenvalue weighted by Gasteiger charge is -2.12. The van der Waals surface area contributed by atoms with Gasteiger partial charge in [-0.3, -0.25) is 4.98 Å². The number of hydrogen-bond acceptors (Lipinski definition) is 4. The second-order valence-electron chi connectivity index (χ2n) is 4.78. The van der Waals surface area contributed by atoms with Gasteiger partial charge in [0.25, 0.3) is 0 Å². The van der Waals surface area contributed by atoms with E-state index in [4.69, 9.17) is 11.0 Å². The van der Waals surface area contributed by atoms with Gasteiger partial charge in [0.2, 0.25) is 0 Å². The summed E-state index contributed by atoms with van der Waals surface area (Å²) in [6, 6.07) is 15.8. The molecule has 0 bridgehead atoms. The molecule has 0 radical (unpaired) electrons. The highest BCUT2D eigenvalue weighted by atomic mass is 14.9. The number of benzene rings is 2. The molecule has 0 amide bonds. The summed E-state index contributed by atoms with van der Waals surface area (Å²) in [7, 11) is 0. The van der Waals surface area contributed by atoms with E-state index in [0.29, 0.717) is 12.1 Å². The van der Waals surface area contributed by atoms with Gasteiger partial charge >= 0.3 is 0 Å². The number of nitriles is 1. The Kier molecular flexibility index (Phi) is 3.40. The van der Waals surface area contributed by atoms with Gasteiger partial charge in [0.15, 0.2) is 0 Å². The van der Waals surface area contributed by atoms with Crippen LogP contribution in [0.1, 0.15) is 5.56 Å². The third kappa shape index (κ3) is 2.63. The standard InChI is InChI=1S/C17H14N4/c18-9-7-12-1-4-14(5-2-12)21-16-6-3-13-11-20-10-8-15(13)17(16)19/h1-6,8,10-11,21H,7,19H2. The molecule has 3 rings (SSSR count). The second kappa shape index (κ2) is 5.51. The van der Waals surface area contributed by atoms with Gasteiger partial charge in [0, 0.05) is 28.9 Å². The van der Waals surface area contributed by atoms with Crippen molar-refractivity contribution in [3.05, 3.63) is 60.4 Å². The van der Waals surface area contributed by atoms with Crippen molar-refractivity contribution in [1.29, 1.82) is 5.26 Å². The minimum absolute atomic E-state index is 0.422. The molecule has 0 aliphatic carbocycles. The van der Waals surface area contributed by atoms with Crippen LogP contribution in [0.5, 0.6) is 0 Å². The predicted molar refractivity (Wildman–Crippen MR) is 85.2 cm³/mol. The topological polar surface area (TPSA) is 74.7 Å². The maximum Gasteiger partial charge on any atom is 0.0669 e. The van der Waals surface area contributed by atoms with E-state index in [-0.39, 0.29) is 0 Å². The van der Waals surface area contributed by atoms with Crippen molar-refractivity contribution in [2.75, 3.05) is 11.1 Å². The van der Waals surface area contributed by atoms with Gasteiger partial charge in [0.1, 0.15) is 0 Å². The number of fused-ring (bicyclic) bond motifs is 1. The van der Waals surface area contributed by atoms with Crippen LogP contribution < -0.4 is 11.1 Å². The highest BCUT2D eigenvalue weighted by Crippen LogP contribution is 2.30. The largest absolute Gasteiger partial charge is 0.397 e. The fourth-order valence-electron chi connectivity index (χ4n) is 2.25. The van der Waals surface area contributed by atoms with Gasteiger partial charge < -0.3 is 11.1 Å². The lowest BCUT2D eigenvalue weighted by molar-refractivity contribution is 1.26. The van der Waals surface area contributed by atoms with E-state index in [2.05, 4.69) is 16.4 Å². The summed E-state index contributed by atoms with van der Waals surface area (Å²) < 4.78 is 0. The van der Waals surface area contributed by atoms with Crippen LogP contribution in [-0.4, -0.2) is 4.98 Å². The van der Waals surface area contributed by atoms with E-state index < -0.39 is 0 Å². The molecular formula is C17H14N4. The maximum absolute atomic E-state index is 8.67. The number of nitrogens with two attached hydrogens (primary N) is 1. The third-order valence-electron chi connectivity index (χ3n) is 3.38. The Bertz CT molecular complexity index is 816. The zero-order valence-electron chi connectivity index (χ0n) is 11.4. The number of nitrogens with zero attached hydrogens (tertiary/aromatic N) is 2. The molecule has 2 aromatic carbocycles. The van der Waals surface area contributed by atoms with Crippen molar-refractivity contribution >= 4 is 27.8 Å². The highest BCUT2D eigenvalue weighted by Gasteiger charge is 2.04. The minimum atomic E-state index is 0.422. The second-order valence-corrected chi connectivity index (χ2v) is 4.78. The number of nitrogen functional groups attached to an aromatic ring is 1. The molecule has 1 heterocycles. The first-order chi connectivity index (χ1) is 10.3. The number of nitrogens with one attached hydrogen (secondary N) is 1. The number of rotatable bonds is 3. The summed E-state index contributed by atoms with van der Waals surface area (Å²) in [4.78, 5) is 4.09. The number of aromatic nitrogens is 1. The lowest BCUT2D eigenvalue weighted by atomic mass is 10.1. The predicted octanol–water partition coefficient (Wildman–Crippen LogP) is 3.63. The number of hydrogen-bond donors (Lipinski definition) is 2. The first kappa shape index (κ1) is 12.9. The zero-order chi connectivity index (χ0) is 14.7. The Morgan fingerprint density at radius 1 is 1.10 bits per heavy atom.